The third-order valence-electron chi connectivity index (χ3n) is 3.83. The van der Waals surface area contributed by atoms with E-state index in [1.165, 1.54) is 6.92 Å². The van der Waals surface area contributed by atoms with Gasteiger partial charge in [0.1, 0.15) is 5.41 Å². The number of aliphatic carboxylic acids is 1. The van der Waals surface area contributed by atoms with Crippen molar-refractivity contribution >= 4 is 12.4 Å². The summed E-state index contributed by atoms with van der Waals surface area (Å²) in [5.74, 6) is -0.384. The SMILES string of the molecule is CCC(C)(C(=O)O)[C@H]1Oc2ccccc2O[C@@H]1N(O)C=O. The van der Waals surface area contributed by atoms with Crippen LogP contribution in [0, 0.1) is 5.41 Å². The summed E-state index contributed by atoms with van der Waals surface area (Å²) in [5, 5.41) is 19.5. The highest BCUT2D eigenvalue weighted by Gasteiger charge is 2.51. The van der Waals surface area contributed by atoms with Gasteiger partial charge in [0.25, 0.3) is 0 Å². The second-order valence-electron chi connectivity index (χ2n) is 5.06. The number of hydrogen-bond donors (Lipinski definition) is 2. The summed E-state index contributed by atoms with van der Waals surface area (Å²) in [6, 6.07) is 6.68. The number of fused-ring (bicyclic) bond motifs is 1. The maximum absolute atomic E-state index is 11.6. The fourth-order valence-corrected chi connectivity index (χ4v) is 2.20. The number of ether oxygens (including phenoxy) is 2. The van der Waals surface area contributed by atoms with Crippen LogP contribution in [0.25, 0.3) is 0 Å². The van der Waals surface area contributed by atoms with Gasteiger partial charge in [-0.3, -0.25) is 14.8 Å². The van der Waals surface area contributed by atoms with Gasteiger partial charge in [0.2, 0.25) is 12.6 Å². The molecule has 0 saturated carbocycles. The lowest BCUT2D eigenvalue weighted by molar-refractivity contribution is -0.226. The lowest BCUT2D eigenvalue weighted by Gasteiger charge is -2.42. The summed E-state index contributed by atoms with van der Waals surface area (Å²) in [6.07, 6.45) is -1.89. The largest absolute Gasteiger partial charge is 0.481 e. The lowest BCUT2D eigenvalue weighted by atomic mass is 9.80. The zero-order valence-corrected chi connectivity index (χ0v) is 11.7. The Morgan fingerprint density at radius 2 is 1.95 bits per heavy atom. The molecule has 1 aliphatic rings. The quantitative estimate of drug-likeness (QED) is 0.485. The van der Waals surface area contributed by atoms with Crippen LogP contribution in [0.3, 0.4) is 0 Å². The smallest absolute Gasteiger partial charge is 0.313 e. The van der Waals surface area contributed by atoms with Gasteiger partial charge in [0.15, 0.2) is 17.6 Å². The van der Waals surface area contributed by atoms with Gasteiger partial charge in [-0.25, -0.2) is 0 Å². The zero-order valence-electron chi connectivity index (χ0n) is 11.7. The molecule has 21 heavy (non-hydrogen) atoms. The molecular weight excluding hydrogens is 278 g/mol. The first-order chi connectivity index (χ1) is 9.93. The third-order valence-corrected chi connectivity index (χ3v) is 3.83. The van der Waals surface area contributed by atoms with Crippen molar-refractivity contribution in [3.63, 3.8) is 0 Å². The van der Waals surface area contributed by atoms with Crippen LogP contribution in [0.2, 0.25) is 0 Å². The first-order valence-corrected chi connectivity index (χ1v) is 6.52. The molecular formula is C14H17NO6. The molecule has 1 amide bonds. The van der Waals surface area contributed by atoms with E-state index in [1.807, 2.05) is 0 Å². The van der Waals surface area contributed by atoms with Crippen molar-refractivity contribution in [3.8, 4) is 11.5 Å². The normalized spacial score (nSPS) is 23.0. The van der Waals surface area contributed by atoms with Gasteiger partial charge in [-0.2, -0.15) is 5.06 Å². The second kappa shape index (κ2) is 5.61. The molecule has 1 aliphatic heterocycles. The Balaban J connectivity index is 2.46. The van der Waals surface area contributed by atoms with Crippen molar-refractivity contribution in [2.24, 2.45) is 5.41 Å². The molecule has 0 aromatic heterocycles. The van der Waals surface area contributed by atoms with Crippen LogP contribution in [0.5, 0.6) is 11.5 Å². The van der Waals surface area contributed by atoms with Crippen molar-refractivity contribution in [2.75, 3.05) is 0 Å². The van der Waals surface area contributed by atoms with E-state index < -0.39 is 23.7 Å². The number of hydrogen-bond acceptors (Lipinski definition) is 5. The first kappa shape index (κ1) is 15.1. The second-order valence-corrected chi connectivity index (χ2v) is 5.06. The van der Waals surface area contributed by atoms with Gasteiger partial charge in [-0.1, -0.05) is 19.1 Å². The fourth-order valence-electron chi connectivity index (χ4n) is 2.20. The van der Waals surface area contributed by atoms with Crippen LogP contribution in [-0.4, -0.2) is 40.1 Å². The highest BCUT2D eigenvalue weighted by atomic mass is 16.6. The monoisotopic (exact) mass is 295 g/mol. The maximum Gasteiger partial charge on any atom is 0.313 e. The minimum Gasteiger partial charge on any atom is -0.481 e. The van der Waals surface area contributed by atoms with Crippen molar-refractivity contribution in [1.82, 2.24) is 5.06 Å². The summed E-state index contributed by atoms with van der Waals surface area (Å²) < 4.78 is 11.3. The minimum absolute atomic E-state index is 0.160. The molecule has 0 aliphatic carbocycles. The zero-order chi connectivity index (χ0) is 15.6. The number of carbonyl (C=O) groups is 2. The summed E-state index contributed by atoms with van der Waals surface area (Å²) in [5.41, 5.74) is -1.33. The fraction of sp³-hybridized carbons (Fsp3) is 0.429. The van der Waals surface area contributed by atoms with Gasteiger partial charge in [0.05, 0.1) is 0 Å². The predicted molar refractivity (Wildman–Crippen MR) is 71.0 cm³/mol. The molecule has 7 heteroatoms. The van der Waals surface area contributed by atoms with Crippen LogP contribution in [0.15, 0.2) is 24.3 Å². The Bertz CT molecular complexity index is 548. The Labute approximate surface area is 121 Å². The molecule has 0 saturated heterocycles. The molecule has 0 radical (unpaired) electrons. The average Bonchev–Trinajstić information content (AvgIpc) is 2.51. The van der Waals surface area contributed by atoms with Crippen LogP contribution in [-0.2, 0) is 9.59 Å². The summed E-state index contributed by atoms with van der Waals surface area (Å²) in [6.45, 7) is 3.18. The molecule has 0 spiro atoms. The van der Waals surface area contributed by atoms with E-state index in [9.17, 15) is 19.9 Å². The number of amides is 1. The van der Waals surface area contributed by atoms with Crippen LogP contribution in [0.1, 0.15) is 20.3 Å². The van der Waals surface area contributed by atoms with E-state index in [1.54, 1.807) is 31.2 Å². The highest BCUT2D eigenvalue weighted by Crippen LogP contribution is 2.41. The Morgan fingerprint density at radius 1 is 1.38 bits per heavy atom. The predicted octanol–water partition coefficient (Wildman–Crippen LogP) is 1.50. The Morgan fingerprint density at radius 3 is 2.43 bits per heavy atom. The number of para-hydroxylation sites is 2. The van der Waals surface area contributed by atoms with Crippen molar-refractivity contribution in [2.45, 2.75) is 32.6 Å². The van der Waals surface area contributed by atoms with Gasteiger partial charge in [-0.05, 0) is 25.5 Å². The van der Waals surface area contributed by atoms with Gasteiger partial charge < -0.3 is 14.6 Å². The summed E-state index contributed by atoms with van der Waals surface area (Å²) >= 11 is 0. The molecule has 2 rings (SSSR count). The highest BCUT2D eigenvalue weighted by molar-refractivity contribution is 5.75. The van der Waals surface area contributed by atoms with E-state index in [2.05, 4.69) is 0 Å². The standard InChI is InChI=1S/C14H17NO6/c1-3-14(2,13(17)18)11-12(15(19)8-16)21-10-7-5-4-6-9(10)20-11/h4-8,11-12,19H,3H2,1-2H3,(H,17,18)/t11-,12-,14?/m0/s1. The summed E-state index contributed by atoms with van der Waals surface area (Å²) in [4.78, 5) is 22.4. The molecule has 3 atom stereocenters. The number of carbonyl (C=O) groups excluding carboxylic acids is 1. The molecule has 0 bridgehead atoms. The van der Waals surface area contributed by atoms with Crippen molar-refractivity contribution in [3.05, 3.63) is 24.3 Å². The van der Waals surface area contributed by atoms with Crippen molar-refractivity contribution in [1.29, 1.82) is 0 Å². The van der Waals surface area contributed by atoms with E-state index >= 15 is 0 Å². The first-order valence-electron chi connectivity index (χ1n) is 6.52. The Kier molecular flexibility index (Phi) is 4.04. The number of benzene rings is 1. The maximum atomic E-state index is 11.6. The molecule has 0 fully saturated rings. The molecule has 1 aromatic rings. The third kappa shape index (κ3) is 2.52. The number of nitrogens with zero attached hydrogens (tertiary/aromatic N) is 1. The topological polar surface area (TPSA) is 96.3 Å². The molecule has 114 valence electrons. The number of rotatable bonds is 5. The van der Waals surface area contributed by atoms with Gasteiger partial charge in [-0.15, -0.1) is 0 Å². The molecule has 1 unspecified atom stereocenters. The van der Waals surface area contributed by atoms with Crippen LogP contribution in [0.4, 0.5) is 0 Å². The molecule has 2 N–H and O–H groups in total. The molecule has 1 aromatic carbocycles. The minimum atomic E-state index is -1.33. The average molecular weight is 295 g/mol. The van der Waals surface area contributed by atoms with Crippen LogP contribution < -0.4 is 9.47 Å². The lowest BCUT2D eigenvalue weighted by Crippen LogP contribution is -2.59. The number of carboxylic acids is 1. The summed E-state index contributed by atoms with van der Waals surface area (Å²) in [7, 11) is 0. The van der Waals surface area contributed by atoms with E-state index in [0.29, 0.717) is 11.5 Å². The van der Waals surface area contributed by atoms with E-state index in [4.69, 9.17) is 9.47 Å². The van der Waals surface area contributed by atoms with Crippen LogP contribution >= 0.6 is 0 Å². The number of carboxylic acid groups (broad SMARTS) is 1. The van der Waals surface area contributed by atoms with Crippen molar-refractivity contribution < 1.29 is 29.4 Å². The Hall–Kier alpha value is -2.28. The molecule has 7 nitrogen and oxygen atoms in total. The van der Waals surface area contributed by atoms with Gasteiger partial charge >= 0.3 is 5.97 Å². The van der Waals surface area contributed by atoms with E-state index in [-0.39, 0.29) is 17.9 Å². The molecule has 1 heterocycles. The number of hydroxylamine groups is 2. The van der Waals surface area contributed by atoms with Gasteiger partial charge in [0, 0.05) is 0 Å². The van der Waals surface area contributed by atoms with E-state index in [0.717, 1.165) is 0 Å².